The van der Waals surface area contributed by atoms with Crippen molar-refractivity contribution in [2.24, 2.45) is 0 Å². The number of piperazine rings is 1. The summed E-state index contributed by atoms with van der Waals surface area (Å²) in [5.74, 6) is -0.0512. The largest absolute Gasteiger partial charge is 0.465 e. The van der Waals surface area contributed by atoms with E-state index in [1.165, 1.54) is 5.56 Å². The van der Waals surface area contributed by atoms with E-state index < -0.39 is 17.7 Å². The average molecular weight is 439 g/mol. The van der Waals surface area contributed by atoms with E-state index in [1.807, 2.05) is 42.5 Å². The van der Waals surface area contributed by atoms with Gasteiger partial charge in [0.2, 0.25) is 5.91 Å². The Morgan fingerprint density at radius 3 is 2.47 bits per heavy atom. The molecule has 3 rings (SSSR count). The van der Waals surface area contributed by atoms with Crippen molar-refractivity contribution in [1.82, 2.24) is 15.1 Å². The molecular formula is C24H30N4O4. The van der Waals surface area contributed by atoms with Crippen LogP contribution in [0.2, 0.25) is 0 Å². The lowest BCUT2D eigenvalue weighted by Gasteiger charge is -2.36. The van der Waals surface area contributed by atoms with E-state index in [1.54, 1.807) is 11.8 Å². The molecule has 0 radical (unpaired) electrons. The van der Waals surface area contributed by atoms with Crippen LogP contribution < -0.4 is 5.32 Å². The lowest BCUT2D eigenvalue weighted by atomic mass is 9.89. The number of amides is 2. The monoisotopic (exact) mass is 438 g/mol. The third kappa shape index (κ3) is 6.19. The van der Waals surface area contributed by atoms with Crippen LogP contribution in [0.25, 0.3) is 0 Å². The number of hydrogen-bond donors (Lipinski definition) is 2. The third-order valence-corrected chi connectivity index (χ3v) is 5.82. The molecule has 8 heteroatoms. The molecular weight excluding hydrogens is 408 g/mol. The van der Waals surface area contributed by atoms with Gasteiger partial charge in [-0.05, 0) is 31.1 Å². The van der Waals surface area contributed by atoms with E-state index in [0.717, 1.165) is 26.1 Å². The topological polar surface area (TPSA) is 106 Å². The maximum Gasteiger partial charge on any atom is 0.405 e. The molecule has 1 aliphatic heterocycles. The number of carbonyl (C=O) groups excluding carboxylic acids is 1. The molecule has 1 aliphatic carbocycles. The summed E-state index contributed by atoms with van der Waals surface area (Å²) in [5, 5.41) is 20.6. The van der Waals surface area contributed by atoms with E-state index in [4.69, 9.17) is 9.84 Å². The number of carboxylic acid groups (broad SMARTS) is 1. The van der Waals surface area contributed by atoms with Gasteiger partial charge in [-0.1, -0.05) is 42.5 Å². The maximum atomic E-state index is 12.3. The highest BCUT2D eigenvalue weighted by molar-refractivity contribution is 5.85. The molecule has 32 heavy (non-hydrogen) atoms. The van der Waals surface area contributed by atoms with Crippen molar-refractivity contribution in [2.75, 3.05) is 39.3 Å². The smallest absolute Gasteiger partial charge is 0.405 e. The number of nitriles is 1. The van der Waals surface area contributed by atoms with Crippen molar-refractivity contribution in [3.05, 3.63) is 60.2 Å². The van der Waals surface area contributed by atoms with Crippen LogP contribution in [0.3, 0.4) is 0 Å². The fraction of sp³-hybridized carbons (Fsp3) is 0.458. The van der Waals surface area contributed by atoms with Crippen LogP contribution in [-0.4, -0.2) is 77.9 Å². The number of nitrogens with zero attached hydrogens (tertiary/aromatic N) is 3. The van der Waals surface area contributed by atoms with Gasteiger partial charge in [0.15, 0.2) is 5.60 Å². The van der Waals surface area contributed by atoms with Crippen LogP contribution in [0, 0.1) is 11.3 Å². The number of nitrogens with one attached hydrogen (secondary N) is 1. The highest BCUT2D eigenvalue weighted by Crippen LogP contribution is 2.28. The molecule has 0 unspecified atom stereocenters. The Labute approximate surface area is 188 Å². The van der Waals surface area contributed by atoms with Gasteiger partial charge in [0.05, 0.1) is 6.61 Å². The standard InChI is InChI=1S/C24H30N4O4/c1-19(26-23(30)31)22(29)28-15-13-27(14-16-28)12-5-17-32-24(18-25)10-8-21(9-11-24)20-6-3-2-4-7-20/h2-4,6-11,19,21,26H,5,12-17H2,1H3,(H,30,31)/t19-,21?,24?/m0/s1. The molecule has 0 saturated carbocycles. The molecule has 2 aliphatic rings. The predicted octanol–water partition coefficient (Wildman–Crippen LogP) is 2.37. The minimum absolute atomic E-state index is 0.147. The minimum Gasteiger partial charge on any atom is -0.465 e. The summed E-state index contributed by atoms with van der Waals surface area (Å²) in [6, 6.07) is 11.6. The van der Waals surface area contributed by atoms with Crippen LogP contribution in [0.15, 0.2) is 54.6 Å². The van der Waals surface area contributed by atoms with E-state index in [9.17, 15) is 14.9 Å². The Bertz CT molecular complexity index is 871. The van der Waals surface area contributed by atoms with E-state index in [2.05, 4.69) is 28.4 Å². The molecule has 1 aromatic carbocycles. The second-order valence-electron chi connectivity index (χ2n) is 8.10. The molecule has 8 nitrogen and oxygen atoms in total. The van der Waals surface area contributed by atoms with E-state index in [0.29, 0.717) is 19.7 Å². The highest BCUT2D eigenvalue weighted by Gasteiger charge is 2.29. The molecule has 2 amide bonds. The summed E-state index contributed by atoms with van der Waals surface area (Å²) in [6.07, 6.45) is 7.27. The minimum atomic E-state index is -1.20. The van der Waals surface area contributed by atoms with Gasteiger partial charge in [-0.2, -0.15) is 5.26 Å². The van der Waals surface area contributed by atoms with Crippen LogP contribution in [0.5, 0.6) is 0 Å². The van der Waals surface area contributed by atoms with Gasteiger partial charge in [0, 0.05) is 38.6 Å². The van der Waals surface area contributed by atoms with Gasteiger partial charge in [-0.3, -0.25) is 9.69 Å². The van der Waals surface area contributed by atoms with Gasteiger partial charge < -0.3 is 20.1 Å². The van der Waals surface area contributed by atoms with E-state index >= 15 is 0 Å². The molecule has 1 atom stereocenters. The van der Waals surface area contributed by atoms with Crippen molar-refractivity contribution in [2.45, 2.75) is 30.9 Å². The molecule has 1 aromatic rings. The predicted molar refractivity (Wildman–Crippen MR) is 120 cm³/mol. The summed E-state index contributed by atoms with van der Waals surface area (Å²) < 4.78 is 5.93. The first kappa shape index (κ1) is 23.5. The first-order valence-corrected chi connectivity index (χ1v) is 10.9. The van der Waals surface area contributed by atoms with Gasteiger partial charge >= 0.3 is 6.09 Å². The first-order chi connectivity index (χ1) is 15.4. The second kappa shape index (κ2) is 10.9. The van der Waals surface area contributed by atoms with Crippen LogP contribution in [0.4, 0.5) is 4.79 Å². The number of rotatable bonds is 8. The van der Waals surface area contributed by atoms with Crippen LogP contribution in [0.1, 0.15) is 24.8 Å². The summed E-state index contributed by atoms with van der Waals surface area (Å²) in [4.78, 5) is 26.9. The normalized spacial score (nSPS) is 24.0. The third-order valence-electron chi connectivity index (χ3n) is 5.82. The molecule has 1 heterocycles. The molecule has 170 valence electrons. The number of ether oxygens (including phenoxy) is 1. The summed E-state index contributed by atoms with van der Waals surface area (Å²) in [7, 11) is 0. The Hall–Kier alpha value is -3.15. The van der Waals surface area contributed by atoms with Crippen molar-refractivity contribution < 1.29 is 19.4 Å². The fourth-order valence-electron chi connectivity index (χ4n) is 3.96. The average Bonchev–Trinajstić information content (AvgIpc) is 2.82. The summed E-state index contributed by atoms with van der Waals surface area (Å²) in [5.41, 5.74) is 0.154. The van der Waals surface area contributed by atoms with Crippen LogP contribution in [-0.2, 0) is 9.53 Å². The summed E-state index contributed by atoms with van der Waals surface area (Å²) >= 11 is 0. The number of benzene rings is 1. The van der Waals surface area contributed by atoms with Gasteiger partial charge in [-0.25, -0.2) is 4.79 Å². The zero-order valence-corrected chi connectivity index (χ0v) is 18.3. The molecule has 0 bridgehead atoms. The van der Waals surface area contributed by atoms with Gasteiger partial charge in [0.25, 0.3) is 0 Å². The molecule has 1 fully saturated rings. The molecule has 0 spiro atoms. The highest BCUT2D eigenvalue weighted by atomic mass is 16.5. The summed E-state index contributed by atoms with van der Waals surface area (Å²) in [6.45, 7) is 5.42. The second-order valence-corrected chi connectivity index (χ2v) is 8.10. The van der Waals surface area contributed by atoms with Crippen LogP contribution >= 0.6 is 0 Å². The molecule has 0 aromatic heterocycles. The van der Waals surface area contributed by atoms with Crippen molar-refractivity contribution in [1.29, 1.82) is 5.26 Å². The Morgan fingerprint density at radius 2 is 1.88 bits per heavy atom. The quantitative estimate of drug-likeness (QED) is 0.477. The SMILES string of the molecule is C[C@H](NC(=O)O)C(=O)N1CCN(CCCOC2(C#N)C=CC(c3ccccc3)C=C2)CC1. The lowest BCUT2D eigenvalue weighted by molar-refractivity contribution is -0.134. The fourth-order valence-corrected chi connectivity index (χ4v) is 3.96. The lowest BCUT2D eigenvalue weighted by Crippen LogP contribution is -2.54. The number of hydrogen-bond acceptors (Lipinski definition) is 5. The number of carbonyl (C=O) groups is 2. The number of allylic oxidation sites excluding steroid dienone is 2. The molecule has 1 saturated heterocycles. The Morgan fingerprint density at radius 1 is 1.22 bits per heavy atom. The van der Waals surface area contributed by atoms with Crippen molar-refractivity contribution >= 4 is 12.0 Å². The van der Waals surface area contributed by atoms with E-state index in [-0.39, 0.29) is 11.8 Å². The Balaban J connectivity index is 1.38. The maximum absolute atomic E-state index is 12.3. The Kier molecular flexibility index (Phi) is 8.03. The zero-order chi connectivity index (χ0) is 23.0. The van der Waals surface area contributed by atoms with Crippen molar-refractivity contribution in [3.8, 4) is 6.07 Å². The van der Waals surface area contributed by atoms with Crippen molar-refractivity contribution in [3.63, 3.8) is 0 Å². The van der Waals surface area contributed by atoms with Gasteiger partial charge in [-0.15, -0.1) is 0 Å². The molecule has 2 N–H and O–H groups in total. The zero-order valence-electron chi connectivity index (χ0n) is 18.3. The van der Waals surface area contributed by atoms with Gasteiger partial charge in [0.1, 0.15) is 12.1 Å². The first-order valence-electron chi connectivity index (χ1n) is 10.9.